The first-order valence-corrected chi connectivity index (χ1v) is 7.19. The van der Waals surface area contributed by atoms with Crippen molar-refractivity contribution >= 4 is 21.9 Å². The highest BCUT2D eigenvalue weighted by molar-refractivity contribution is 9.10. The third kappa shape index (κ3) is 5.68. The van der Waals surface area contributed by atoms with Crippen LogP contribution in [0.15, 0.2) is 16.6 Å². The van der Waals surface area contributed by atoms with Gasteiger partial charge in [0, 0.05) is 32.3 Å². The van der Waals surface area contributed by atoms with Crippen molar-refractivity contribution in [3.8, 4) is 0 Å². The maximum Gasteiger partial charge on any atom is 0.306 e. The van der Waals surface area contributed by atoms with E-state index in [1.165, 1.54) is 19.2 Å². The van der Waals surface area contributed by atoms with Crippen molar-refractivity contribution in [3.63, 3.8) is 0 Å². The van der Waals surface area contributed by atoms with Crippen LogP contribution in [0, 0.1) is 11.6 Å². The summed E-state index contributed by atoms with van der Waals surface area (Å²) in [4.78, 5) is 12.9. The minimum absolute atomic E-state index is 0.0367. The highest BCUT2D eigenvalue weighted by atomic mass is 79.9. The average Bonchev–Trinajstić information content (AvgIpc) is 2.49. The lowest BCUT2D eigenvalue weighted by molar-refractivity contribution is -0.141. The van der Waals surface area contributed by atoms with Gasteiger partial charge in [0.15, 0.2) is 0 Å². The van der Waals surface area contributed by atoms with E-state index in [9.17, 15) is 13.6 Å². The van der Waals surface area contributed by atoms with Gasteiger partial charge >= 0.3 is 5.97 Å². The Labute approximate surface area is 131 Å². The number of rotatable bonds is 8. The monoisotopic (exact) mass is 365 g/mol. The van der Waals surface area contributed by atoms with Crippen LogP contribution in [-0.4, -0.2) is 44.8 Å². The first-order valence-electron chi connectivity index (χ1n) is 6.40. The highest BCUT2D eigenvalue weighted by Gasteiger charge is 2.17. The second kappa shape index (κ2) is 9.07. The number of halogens is 3. The molecule has 0 unspecified atom stereocenters. The summed E-state index contributed by atoms with van der Waals surface area (Å²) in [6.45, 7) is 1.25. The molecule has 1 aromatic carbocycles. The fraction of sp³-hybridized carbons (Fsp3) is 0.500. The maximum absolute atomic E-state index is 14.0. The Kier molecular flexibility index (Phi) is 7.77. The van der Waals surface area contributed by atoms with Gasteiger partial charge in [0.1, 0.15) is 11.6 Å². The van der Waals surface area contributed by atoms with E-state index in [-0.39, 0.29) is 29.0 Å². The summed E-state index contributed by atoms with van der Waals surface area (Å²) in [6.07, 6.45) is 0.150. The molecule has 7 heteroatoms. The van der Waals surface area contributed by atoms with Crippen LogP contribution in [0.4, 0.5) is 8.78 Å². The number of methoxy groups -OCH3 is 2. The van der Waals surface area contributed by atoms with Crippen LogP contribution < -0.4 is 0 Å². The van der Waals surface area contributed by atoms with Crippen molar-refractivity contribution in [1.29, 1.82) is 0 Å². The Morgan fingerprint density at radius 2 is 2.00 bits per heavy atom. The minimum Gasteiger partial charge on any atom is -0.469 e. The van der Waals surface area contributed by atoms with E-state index in [1.54, 1.807) is 12.0 Å². The van der Waals surface area contributed by atoms with Gasteiger partial charge in [0.2, 0.25) is 0 Å². The molecule has 21 heavy (non-hydrogen) atoms. The van der Waals surface area contributed by atoms with E-state index in [4.69, 9.17) is 4.74 Å². The van der Waals surface area contributed by atoms with Gasteiger partial charge in [-0.1, -0.05) is 0 Å². The molecular weight excluding hydrogens is 348 g/mol. The van der Waals surface area contributed by atoms with Gasteiger partial charge in [0.05, 0.1) is 24.6 Å². The first-order chi connectivity index (χ1) is 9.99. The Morgan fingerprint density at radius 3 is 2.62 bits per heavy atom. The molecule has 0 aliphatic carbocycles. The zero-order valence-electron chi connectivity index (χ0n) is 12.0. The van der Waals surface area contributed by atoms with E-state index < -0.39 is 11.6 Å². The largest absolute Gasteiger partial charge is 0.469 e. The van der Waals surface area contributed by atoms with Crippen LogP contribution in [0.3, 0.4) is 0 Å². The summed E-state index contributed by atoms with van der Waals surface area (Å²) in [7, 11) is 2.84. The third-order valence-corrected chi connectivity index (χ3v) is 3.60. The Balaban J connectivity index is 2.80. The number of nitrogens with zero attached hydrogens (tertiary/aromatic N) is 1. The van der Waals surface area contributed by atoms with Crippen LogP contribution in [0.5, 0.6) is 0 Å². The fourth-order valence-electron chi connectivity index (χ4n) is 1.78. The van der Waals surface area contributed by atoms with E-state index in [2.05, 4.69) is 20.7 Å². The van der Waals surface area contributed by atoms with Crippen molar-refractivity contribution in [1.82, 2.24) is 4.90 Å². The molecule has 4 nitrogen and oxygen atoms in total. The van der Waals surface area contributed by atoms with Gasteiger partial charge in [-0.2, -0.15) is 0 Å². The second-order valence-electron chi connectivity index (χ2n) is 4.42. The Hall–Kier alpha value is -1.05. The zero-order chi connectivity index (χ0) is 15.8. The average molecular weight is 366 g/mol. The lowest BCUT2D eigenvalue weighted by Crippen LogP contribution is -2.30. The first kappa shape index (κ1) is 18.0. The molecule has 0 heterocycles. The molecule has 0 amide bonds. The molecule has 1 aromatic rings. The fourth-order valence-corrected chi connectivity index (χ4v) is 2.15. The molecule has 0 aliphatic heterocycles. The van der Waals surface area contributed by atoms with Crippen molar-refractivity contribution in [2.24, 2.45) is 0 Å². The standard InChI is InChI=1S/C14H18BrF2NO3/c1-20-8-7-18(6-5-13(19)21-2)9-10-12(16)4-3-11(15)14(10)17/h3-4H,5-9H2,1-2H3. The summed E-state index contributed by atoms with van der Waals surface area (Å²) in [5.74, 6) is -1.61. The van der Waals surface area contributed by atoms with Crippen LogP contribution in [0.1, 0.15) is 12.0 Å². The van der Waals surface area contributed by atoms with Gasteiger partial charge in [-0.15, -0.1) is 0 Å². The van der Waals surface area contributed by atoms with E-state index in [1.807, 2.05) is 0 Å². The van der Waals surface area contributed by atoms with Crippen molar-refractivity contribution in [3.05, 3.63) is 33.8 Å². The molecule has 0 fully saturated rings. The smallest absolute Gasteiger partial charge is 0.306 e. The number of hydrogen-bond acceptors (Lipinski definition) is 4. The number of esters is 1. The molecule has 118 valence electrons. The predicted molar refractivity (Wildman–Crippen MR) is 77.8 cm³/mol. The molecule has 0 bridgehead atoms. The molecule has 0 atom stereocenters. The third-order valence-electron chi connectivity index (χ3n) is 2.99. The normalized spacial score (nSPS) is 11.0. The van der Waals surface area contributed by atoms with Crippen LogP contribution in [-0.2, 0) is 20.8 Å². The molecule has 0 spiro atoms. The number of benzene rings is 1. The number of carbonyl (C=O) groups excluding carboxylic acids is 1. The van der Waals surface area contributed by atoms with Gasteiger partial charge in [-0.3, -0.25) is 9.69 Å². The number of hydrogen-bond donors (Lipinski definition) is 0. The van der Waals surface area contributed by atoms with Crippen molar-refractivity contribution in [2.75, 3.05) is 33.9 Å². The predicted octanol–water partition coefficient (Wildman–Crippen LogP) is 2.74. The number of carbonyl (C=O) groups is 1. The molecule has 0 aromatic heterocycles. The summed E-state index contributed by atoms with van der Waals surface area (Å²) in [5, 5.41) is 0. The SMILES string of the molecule is COCCN(CCC(=O)OC)Cc1c(F)ccc(Br)c1F. The van der Waals surface area contributed by atoms with Gasteiger partial charge in [0.25, 0.3) is 0 Å². The van der Waals surface area contributed by atoms with Gasteiger partial charge in [-0.05, 0) is 28.1 Å². The maximum atomic E-state index is 14.0. The van der Waals surface area contributed by atoms with Gasteiger partial charge < -0.3 is 9.47 Å². The second-order valence-corrected chi connectivity index (χ2v) is 5.27. The zero-order valence-corrected chi connectivity index (χ0v) is 13.6. The molecular formula is C14H18BrF2NO3. The molecule has 0 N–H and O–H groups in total. The Bertz CT molecular complexity index is 486. The van der Waals surface area contributed by atoms with Crippen molar-refractivity contribution in [2.45, 2.75) is 13.0 Å². The molecule has 0 aliphatic rings. The molecule has 0 radical (unpaired) electrons. The molecule has 0 saturated carbocycles. The topological polar surface area (TPSA) is 38.8 Å². The number of ether oxygens (including phenoxy) is 2. The van der Waals surface area contributed by atoms with Crippen LogP contribution in [0.25, 0.3) is 0 Å². The van der Waals surface area contributed by atoms with Gasteiger partial charge in [-0.25, -0.2) is 8.78 Å². The summed E-state index contributed by atoms with van der Waals surface area (Å²) in [5.41, 5.74) is -0.0367. The highest BCUT2D eigenvalue weighted by Crippen LogP contribution is 2.23. The lowest BCUT2D eigenvalue weighted by Gasteiger charge is -2.22. The summed E-state index contributed by atoms with van der Waals surface area (Å²) >= 11 is 3.04. The lowest BCUT2D eigenvalue weighted by atomic mass is 10.1. The molecule has 1 rings (SSSR count). The van der Waals surface area contributed by atoms with E-state index >= 15 is 0 Å². The summed E-state index contributed by atoms with van der Waals surface area (Å²) in [6, 6.07) is 2.53. The molecule has 0 saturated heterocycles. The van der Waals surface area contributed by atoms with Crippen LogP contribution >= 0.6 is 15.9 Å². The Morgan fingerprint density at radius 1 is 1.29 bits per heavy atom. The summed E-state index contributed by atoms with van der Waals surface area (Å²) < 4.78 is 37.5. The van der Waals surface area contributed by atoms with E-state index in [0.29, 0.717) is 19.7 Å². The van der Waals surface area contributed by atoms with Crippen molar-refractivity contribution < 1.29 is 23.0 Å². The van der Waals surface area contributed by atoms with Crippen LogP contribution in [0.2, 0.25) is 0 Å². The van der Waals surface area contributed by atoms with E-state index in [0.717, 1.165) is 0 Å². The minimum atomic E-state index is -0.629. The quantitative estimate of drug-likeness (QED) is 0.524.